The molecule has 1 aliphatic rings. The minimum absolute atomic E-state index is 0.0788. The molecule has 0 saturated heterocycles. The Morgan fingerprint density at radius 1 is 1.06 bits per heavy atom. The molecule has 1 N–H and O–H groups in total. The standard InChI is InChI=1S/C26H26N4O3/c1-18-6-5-7-20(14-18)33-17-26(31)28-22-15-19(10-11-24(22)32-2)29-12-13-30-23-9-4-3-8-21(23)27-25(30)16-29/h3-11,14-15H,12-13,16-17H2,1-2H3,(H,28,31). The van der Waals surface area contributed by atoms with E-state index in [-0.39, 0.29) is 12.5 Å². The molecule has 1 amide bonds. The molecule has 4 aromatic rings. The summed E-state index contributed by atoms with van der Waals surface area (Å²) in [7, 11) is 1.59. The van der Waals surface area contributed by atoms with E-state index < -0.39 is 0 Å². The van der Waals surface area contributed by atoms with E-state index in [9.17, 15) is 4.79 Å². The summed E-state index contributed by atoms with van der Waals surface area (Å²) in [6.07, 6.45) is 0. The highest BCUT2D eigenvalue weighted by Crippen LogP contribution is 2.32. The van der Waals surface area contributed by atoms with E-state index in [2.05, 4.69) is 20.9 Å². The van der Waals surface area contributed by atoms with Crippen LogP contribution in [0.1, 0.15) is 11.4 Å². The number of ether oxygens (including phenoxy) is 2. The molecule has 1 aliphatic heterocycles. The van der Waals surface area contributed by atoms with Gasteiger partial charge in [-0.15, -0.1) is 0 Å². The van der Waals surface area contributed by atoms with Crippen LogP contribution in [0.25, 0.3) is 11.0 Å². The molecule has 2 heterocycles. The zero-order valence-electron chi connectivity index (χ0n) is 18.7. The minimum Gasteiger partial charge on any atom is -0.495 e. The first-order valence-electron chi connectivity index (χ1n) is 11.0. The zero-order chi connectivity index (χ0) is 22.8. The number of anilines is 2. The Morgan fingerprint density at radius 3 is 2.79 bits per heavy atom. The maximum atomic E-state index is 12.6. The molecule has 0 fully saturated rings. The lowest BCUT2D eigenvalue weighted by molar-refractivity contribution is -0.118. The number of aryl methyl sites for hydroxylation is 1. The van der Waals surface area contributed by atoms with Gasteiger partial charge in [-0.25, -0.2) is 4.98 Å². The van der Waals surface area contributed by atoms with Crippen molar-refractivity contribution < 1.29 is 14.3 Å². The van der Waals surface area contributed by atoms with Crippen molar-refractivity contribution in [3.63, 3.8) is 0 Å². The van der Waals surface area contributed by atoms with E-state index in [1.807, 2.05) is 67.6 Å². The highest BCUT2D eigenvalue weighted by molar-refractivity contribution is 5.94. The van der Waals surface area contributed by atoms with Crippen molar-refractivity contribution in [2.24, 2.45) is 0 Å². The smallest absolute Gasteiger partial charge is 0.262 e. The lowest BCUT2D eigenvalue weighted by Gasteiger charge is -2.30. The lowest BCUT2D eigenvalue weighted by Crippen LogP contribution is -2.33. The van der Waals surface area contributed by atoms with Crippen molar-refractivity contribution in [1.82, 2.24) is 9.55 Å². The van der Waals surface area contributed by atoms with E-state index in [0.717, 1.165) is 35.7 Å². The highest BCUT2D eigenvalue weighted by atomic mass is 16.5. The predicted molar refractivity (Wildman–Crippen MR) is 129 cm³/mol. The number of rotatable bonds is 6. The molecular weight excluding hydrogens is 416 g/mol. The molecule has 33 heavy (non-hydrogen) atoms. The van der Waals surface area contributed by atoms with Crippen LogP contribution >= 0.6 is 0 Å². The average Bonchev–Trinajstić information content (AvgIpc) is 3.20. The van der Waals surface area contributed by atoms with Crippen LogP contribution in [0, 0.1) is 6.92 Å². The number of benzene rings is 3. The summed E-state index contributed by atoms with van der Waals surface area (Å²) in [4.78, 5) is 19.6. The second-order valence-electron chi connectivity index (χ2n) is 8.13. The van der Waals surface area contributed by atoms with Crippen LogP contribution < -0.4 is 19.7 Å². The second kappa shape index (κ2) is 8.86. The summed E-state index contributed by atoms with van der Waals surface area (Å²) >= 11 is 0. The van der Waals surface area contributed by atoms with Gasteiger partial charge in [-0.3, -0.25) is 4.79 Å². The maximum absolute atomic E-state index is 12.6. The number of fused-ring (bicyclic) bond motifs is 3. The van der Waals surface area contributed by atoms with Crippen LogP contribution in [0.2, 0.25) is 0 Å². The fourth-order valence-electron chi connectivity index (χ4n) is 4.22. The van der Waals surface area contributed by atoms with Crippen LogP contribution in [0.15, 0.2) is 66.7 Å². The van der Waals surface area contributed by atoms with Crippen LogP contribution in [0.3, 0.4) is 0 Å². The molecule has 0 aliphatic carbocycles. The number of amides is 1. The molecule has 7 nitrogen and oxygen atoms in total. The average molecular weight is 443 g/mol. The monoisotopic (exact) mass is 442 g/mol. The fraction of sp³-hybridized carbons (Fsp3) is 0.231. The van der Waals surface area contributed by atoms with Gasteiger partial charge in [0, 0.05) is 18.8 Å². The molecule has 168 valence electrons. The first kappa shape index (κ1) is 20.9. The second-order valence-corrected chi connectivity index (χ2v) is 8.13. The number of hydrogen-bond donors (Lipinski definition) is 1. The quantitative estimate of drug-likeness (QED) is 0.480. The van der Waals surface area contributed by atoms with Gasteiger partial charge < -0.3 is 24.3 Å². The summed E-state index contributed by atoms with van der Waals surface area (Å²) in [5.74, 6) is 2.07. The molecule has 0 unspecified atom stereocenters. The van der Waals surface area contributed by atoms with Crippen LogP contribution in [-0.2, 0) is 17.9 Å². The first-order valence-corrected chi connectivity index (χ1v) is 11.0. The maximum Gasteiger partial charge on any atom is 0.262 e. The first-order chi connectivity index (χ1) is 16.1. The number of imidazole rings is 1. The molecule has 0 atom stereocenters. The van der Waals surface area contributed by atoms with E-state index in [1.165, 1.54) is 5.52 Å². The normalized spacial score (nSPS) is 13.0. The number of aromatic nitrogens is 2. The van der Waals surface area contributed by atoms with E-state index >= 15 is 0 Å². The van der Waals surface area contributed by atoms with Crippen molar-refractivity contribution >= 4 is 28.3 Å². The van der Waals surface area contributed by atoms with Gasteiger partial charge in [0.2, 0.25) is 0 Å². The van der Waals surface area contributed by atoms with Crippen molar-refractivity contribution in [1.29, 1.82) is 0 Å². The molecule has 7 heteroatoms. The fourth-order valence-corrected chi connectivity index (χ4v) is 4.22. The highest BCUT2D eigenvalue weighted by Gasteiger charge is 2.21. The summed E-state index contributed by atoms with van der Waals surface area (Å²) in [5, 5.41) is 2.93. The summed E-state index contributed by atoms with van der Waals surface area (Å²) in [6, 6.07) is 21.7. The number of methoxy groups -OCH3 is 1. The summed E-state index contributed by atoms with van der Waals surface area (Å²) in [5.41, 5.74) is 4.89. The molecule has 5 rings (SSSR count). The Kier molecular flexibility index (Phi) is 5.60. The number of nitrogens with one attached hydrogen (secondary N) is 1. The van der Waals surface area contributed by atoms with Gasteiger partial charge in [0.15, 0.2) is 6.61 Å². The predicted octanol–water partition coefficient (Wildman–Crippen LogP) is 4.39. The molecule has 1 aromatic heterocycles. The van der Waals surface area contributed by atoms with Gasteiger partial charge in [0.25, 0.3) is 5.91 Å². The van der Waals surface area contributed by atoms with Gasteiger partial charge in [0.05, 0.1) is 30.4 Å². The largest absolute Gasteiger partial charge is 0.495 e. The van der Waals surface area contributed by atoms with Gasteiger partial charge in [-0.2, -0.15) is 0 Å². The third-order valence-corrected chi connectivity index (χ3v) is 5.84. The van der Waals surface area contributed by atoms with Gasteiger partial charge in [0.1, 0.15) is 17.3 Å². The van der Waals surface area contributed by atoms with E-state index in [4.69, 9.17) is 14.5 Å². The van der Waals surface area contributed by atoms with Crippen molar-refractivity contribution in [2.75, 3.05) is 30.5 Å². The number of nitrogens with zero attached hydrogens (tertiary/aromatic N) is 3. The Labute approximate surface area is 192 Å². The molecule has 0 spiro atoms. The topological polar surface area (TPSA) is 68.6 Å². The Balaban J connectivity index is 1.31. The molecule has 3 aromatic carbocycles. The summed E-state index contributed by atoms with van der Waals surface area (Å²) < 4.78 is 13.4. The van der Waals surface area contributed by atoms with Crippen molar-refractivity contribution in [2.45, 2.75) is 20.0 Å². The number of carbonyl (C=O) groups is 1. The summed E-state index contributed by atoms with van der Waals surface area (Å²) in [6.45, 7) is 4.31. The minimum atomic E-state index is -0.243. The van der Waals surface area contributed by atoms with Gasteiger partial charge in [-0.1, -0.05) is 24.3 Å². The van der Waals surface area contributed by atoms with Crippen molar-refractivity contribution in [3.05, 3.63) is 78.1 Å². The van der Waals surface area contributed by atoms with Crippen LogP contribution in [0.4, 0.5) is 11.4 Å². The van der Waals surface area contributed by atoms with E-state index in [0.29, 0.717) is 23.7 Å². The Bertz CT molecular complexity index is 1310. The molecule has 0 bridgehead atoms. The Hall–Kier alpha value is -4.00. The zero-order valence-corrected chi connectivity index (χ0v) is 18.7. The third kappa shape index (κ3) is 4.35. The molecule has 0 radical (unpaired) electrons. The van der Waals surface area contributed by atoms with E-state index in [1.54, 1.807) is 7.11 Å². The van der Waals surface area contributed by atoms with Gasteiger partial charge in [-0.05, 0) is 55.0 Å². The number of hydrogen-bond acceptors (Lipinski definition) is 5. The molecule has 0 saturated carbocycles. The van der Waals surface area contributed by atoms with Crippen molar-refractivity contribution in [3.8, 4) is 11.5 Å². The number of carbonyl (C=O) groups excluding carboxylic acids is 1. The number of para-hydroxylation sites is 2. The molecular formula is C26H26N4O3. The van der Waals surface area contributed by atoms with Crippen LogP contribution in [-0.4, -0.2) is 35.7 Å². The lowest BCUT2D eigenvalue weighted by atomic mass is 10.2. The SMILES string of the molecule is COc1ccc(N2CCn3c(nc4ccccc43)C2)cc1NC(=O)COc1cccc(C)c1. The Morgan fingerprint density at radius 2 is 1.94 bits per heavy atom. The van der Waals surface area contributed by atoms with Gasteiger partial charge >= 0.3 is 0 Å². The van der Waals surface area contributed by atoms with Crippen LogP contribution in [0.5, 0.6) is 11.5 Å². The third-order valence-electron chi connectivity index (χ3n) is 5.84.